The van der Waals surface area contributed by atoms with E-state index in [1.165, 1.54) is 19.1 Å². The number of carboxylic acid groups (broad SMARTS) is 1. The summed E-state index contributed by atoms with van der Waals surface area (Å²) in [4.78, 5) is 22.2. The molecule has 1 fully saturated rings. The Morgan fingerprint density at radius 1 is 1.35 bits per heavy atom. The standard InChI is InChI=1S/C16H16F3NO3/c1-9(20-15(23)11-4-5-11)12-6-2-10(3-7-14(21)22)8-13(12)16(17,18)19/h2-3,6-9,11H,4-5H2,1H3,(H,20,23)(H,21,22)/b7-3+/t9-/m1/s1. The van der Waals surface area contributed by atoms with E-state index in [9.17, 15) is 22.8 Å². The van der Waals surface area contributed by atoms with Crippen molar-refractivity contribution in [3.8, 4) is 0 Å². The highest BCUT2D eigenvalue weighted by Gasteiger charge is 2.36. The molecule has 0 aliphatic heterocycles. The lowest BCUT2D eigenvalue weighted by Gasteiger charge is -2.20. The largest absolute Gasteiger partial charge is 0.478 e. The molecule has 1 atom stereocenters. The van der Waals surface area contributed by atoms with Crippen molar-refractivity contribution >= 4 is 18.0 Å². The smallest absolute Gasteiger partial charge is 0.416 e. The summed E-state index contributed by atoms with van der Waals surface area (Å²) in [7, 11) is 0. The van der Waals surface area contributed by atoms with Crippen LogP contribution in [0.3, 0.4) is 0 Å². The minimum atomic E-state index is -4.60. The summed E-state index contributed by atoms with van der Waals surface area (Å²) in [6, 6.07) is 2.76. The molecular formula is C16H16F3NO3. The van der Waals surface area contributed by atoms with Crippen molar-refractivity contribution in [2.45, 2.75) is 32.0 Å². The first-order valence-electron chi connectivity index (χ1n) is 7.11. The highest BCUT2D eigenvalue weighted by atomic mass is 19.4. The predicted octanol–water partition coefficient (Wildman–Crippen LogP) is 3.39. The summed E-state index contributed by atoms with van der Waals surface area (Å²) in [5, 5.41) is 11.1. The number of alkyl halides is 3. The summed E-state index contributed by atoms with van der Waals surface area (Å²) >= 11 is 0. The molecule has 0 aromatic heterocycles. The number of carbonyl (C=O) groups excluding carboxylic acids is 1. The summed E-state index contributed by atoms with van der Waals surface area (Å²) < 4.78 is 39.7. The molecule has 124 valence electrons. The third-order valence-corrected chi connectivity index (χ3v) is 3.57. The first kappa shape index (κ1) is 17.1. The third-order valence-electron chi connectivity index (χ3n) is 3.57. The lowest BCUT2D eigenvalue weighted by atomic mass is 9.98. The van der Waals surface area contributed by atoms with Crippen LogP contribution in [-0.4, -0.2) is 17.0 Å². The van der Waals surface area contributed by atoms with Crippen LogP contribution in [-0.2, 0) is 15.8 Å². The van der Waals surface area contributed by atoms with Crippen LogP contribution in [0.25, 0.3) is 6.08 Å². The molecule has 1 aliphatic carbocycles. The van der Waals surface area contributed by atoms with Crippen molar-refractivity contribution in [2.75, 3.05) is 0 Å². The second kappa shape index (κ2) is 6.44. The molecule has 1 aromatic carbocycles. The number of aliphatic carboxylic acids is 1. The van der Waals surface area contributed by atoms with Crippen molar-refractivity contribution in [3.05, 3.63) is 41.0 Å². The Morgan fingerprint density at radius 3 is 2.52 bits per heavy atom. The van der Waals surface area contributed by atoms with Gasteiger partial charge in [0.2, 0.25) is 5.91 Å². The van der Waals surface area contributed by atoms with Crippen LogP contribution < -0.4 is 5.32 Å². The van der Waals surface area contributed by atoms with Crippen LogP contribution in [0.2, 0.25) is 0 Å². The van der Waals surface area contributed by atoms with Crippen LogP contribution in [0.1, 0.15) is 42.5 Å². The number of benzene rings is 1. The first-order valence-corrected chi connectivity index (χ1v) is 7.11. The number of hydrogen-bond donors (Lipinski definition) is 2. The number of carbonyl (C=O) groups is 2. The Kier molecular flexibility index (Phi) is 4.77. The zero-order chi connectivity index (χ0) is 17.2. The third kappa shape index (κ3) is 4.58. The summed E-state index contributed by atoms with van der Waals surface area (Å²) in [6.45, 7) is 1.50. The Hall–Kier alpha value is -2.31. The Morgan fingerprint density at radius 2 is 2.00 bits per heavy atom. The van der Waals surface area contributed by atoms with E-state index in [1.54, 1.807) is 0 Å². The fraction of sp³-hybridized carbons (Fsp3) is 0.375. The van der Waals surface area contributed by atoms with E-state index in [1.807, 2.05) is 0 Å². The van der Waals surface area contributed by atoms with Gasteiger partial charge in [-0.2, -0.15) is 13.2 Å². The zero-order valence-electron chi connectivity index (χ0n) is 12.4. The average Bonchev–Trinajstić information content (AvgIpc) is 3.28. The molecule has 0 radical (unpaired) electrons. The normalized spacial score (nSPS) is 16.3. The van der Waals surface area contributed by atoms with Gasteiger partial charge in [-0.25, -0.2) is 4.79 Å². The Balaban J connectivity index is 2.30. The van der Waals surface area contributed by atoms with Crippen LogP contribution >= 0.6 is 0 Å². The van der Waals surface area contributed by atoms with E-state index in [4.69, 9.17) is 5.11 Å². The van der Waals surface area contributed by atoms with Gasteiger partial charge < -0.3 is 10.4 Å². The molecule has 2 rings (SSSR count). The van der Waals surface area contributed by atoms with Crippen molar-refractivity contribution in [2.24, 2.45) is 5.92 Å². The van der Waals surface area contributed by atoms with Gasteiger partial charge in [-0.05, 0) is 43.0 Å². The van der Waals surface area contributed by atoms with E-state index < -0.39 is 23.8 Å². The second-order valence-electron chi connectivity index (χ2n) is 5.52. The van der Waals surface area contributed by atoms with E-state index in [2.05, 4.69) is 5.32 Å². The van der Waals surface area contributed by atoms with Gasteiger partial charge in [0.1, 0.15) is 0 Å². The molecule has 2 N–H and O–H groups in total. The van der Waals surface area contributed by atoms with Crippen molar-refractivity contribution in [3.63, 3.8) is 0 Å². The average molecular weight is 327 g/mol. The number of amides is 1. The van der Waals surface area contributed by atoms with Gasteiger partial charge in [0.25, 0.3) is 0 Å². The topological polar surface area (TPSA) is 66.4 Å². The molecule has 0 saturated heterocycles. The van der Waals surface area contributed by atoms with E-state index in [0.29, 0.717) is 0 Å². The molecule has 23 heavy (non-hydrogen) atoms. The van der Waals surface area contributed by atoms with Crippen molar-refractivity contribution in [1.82, 2.24) is 5.32 Å². The molecule has 0 heterocycles. The van der Waals surface area contributed by atoms with Crippen molar-refractivity contribution in [1.29, 1.82) is 0 Å². The van der Waals surface area contributed by atoms with E-state index >= 15 is 0 Å². The monoisotopic (exact) mass is 327 g/mol. The molecule has 1 amide bonds. The number of carboxylic acids is 1. The van der Waals surface area contributed by atoms with Crippen LogP contribution in [0, 0.1) is 5.92 Å². The Bertz CT molecular complexity index is 648. The highest BCUT2D eigenvalue weighted by Crippen LogP contribution is 2.36. The maximum Gasteiger partial charge on any atom is 0.416 e. The maximum absolute atomic E-state index is 13.2. The molecular weight excluding hydrogens is 311 g/mol. The van der Waals surface area contributed by atoms with Gasteiger partial charge in [-0.1, -0.05) is 12.1 Å². The second-order valence-corrected chi connectivity index (χ2v) is 5.52. The van der Waals surface area contributed by atoms with Gasteiger partial charge in [0.15, 0.2) is 0 Å². The summed E-state index contributed by atoms with van der Waals surface area (Å²) in [6.07, 6.45) is -1.20. The lowest BCUT2D eigenvalue weighted by Crippen LogP contribution is -2.29. The molecule has 4 nitrogen and oxygen atoms in total. The van der Waals surface area contributed by atoms with Crippen LogP contribution in [0.15, 0.2) is 24.3 Å². The molecule has 0 bridgehead atoms. The first-order chi connectivity index (χ1) is 10.7. The molecule has 1 saturated carbocycles. The number of rotatable bonds is 5. The number of nitrogens with one attached hydrogen (secondary N) is 1. The summed E-state index contributed by atoms with van der Waals surface area (Å²) in [5.74, 6) is -1.57. The van der Waals surface area contributed by atoms with Crippen LogP contribution in [0.5, 0.6) is 0 Å². The quantitative estimate of drug-likeness (QED) is 0.815. The molecule has 7 heteroatoms. The lowest BCUT2D eigenvalue weighted by molar-refractivity contribution is -0.138. The highest BCUT2D eigenvalue weighted by molar-refractivity contribution is 5.85. The number of hydrogen-bond acceptors (Lipinski definition) is 2. The predicted molar refractivity (Wildman–Crippen MR) is 77.4 cm³/mol. The van der Waals surface area contributed by atoms with Crippen molar-refractivity contribution < 1.29 is 27.9 Å². The summed E-state index contributed by atoms with van der Waals surface area (Å²) in [5.41, 5.74) is -0.795. The van der Waals surface area contributed by atoms with Gasteiger partial charge in [0.05, 0.1) is 11.6 Å². The fourth-order valence-electron chi connectivity index (χ4n) is 2.22. The zero-order valence-corrected chi connectivity index (χ0v) is 12.4. The SMILES string of the molecule is C[C@@H](NC(=O)C1CC1)c1ccc(/C=C/C(=O)O)cc1C(F)(F)F. The molecule has 1 aromatic rings. The molecule has 0 spiro atoms. The minimum Gasteiger partial charge on any atom is -0.478 e. The maximum atomic E-state index is 13.2. The number of halogens is 3. The van der Waals surface area contributed by atoms with Crippen LogP contribution in [0.4, 0.5) is 13.2 Å². The minimum absolute atomic E-state index is 0.0426. The molecule has 1 aliphatic rings. The van der Waals surface area contributed by atoms with Gasteiger partial charge in [-0.15, -0.1) is 0 Å². The fourth-order valence-corrected chi connectivity index (χ4v) is 2.22. The van der Waals surface area contributed by atoms with E-state index in [0.717, 1.165) is 31.1 Å². The van der Waals surface area contributed by atoms with Gasteiger partial charge in [0, 0.05) is 12.0 Å². The van der Waals surface area contributed by atoms with E-state index in [-0.39, 0.29) is 23.0 Å². The Labute approximate surface area is 131 Å². The van der Waals surface area contributed by atoms with Gasteiger partial charge in [-0.3, -0.25) is 4.79 Å². The van der Waals surface area contributed by atoms with Gasteiger partial charge >= 0.3 is 12.1 Å². The molecule has 0 unspecified atom stereocenters.